The van der Waals surface area contributed by atoms with Gasteiger partial charge in [0.1, 0.15) is 5.82 Å². The van der Waals surface area contributed by atoms with Crippen LogP contribution < -0.4 is 0 Å². The van der Waals surface area contributed by atoms with E-state index in [-0.39, 0.29) is 11.2 Å². The molecular weight excluding hydrogens is 235 g/mol. The standard InChI is InChI=1S/C18H21F/c1-13(2)14-5-7-15(8-6-14)18(3,4)16-9-11-17(19)12-10-16/h5-13H,1-4H3. The third-order valence-corrected chi connectivity index (χ3v) is 3.86. The van der Waals surface area contributed by atoms with Gasteiger partial charge in [0, 0.05) is 5.41 Å². The maximum absolute atomic E-state index is 13.0. The fourth-order valence-electron chi connectivity index (χ4n) is 2.32. The first-order valence-electron chi connectivity index (χ1n) is 6.78. The van der Waals surface area contributed by atoms with E-state index in [4.69, 9.17) is 0 Å². The summed E-state index contributed by atoms with van der Waals surface area (Å²) in [5.41, 5.74) is 3.62. The van der Waals surface area contributed by atoms with Crippen molar-refractivity contribution < 1.29 is 4.39 Å². The molecule has 19 heavy (non-hydrogen) atoms. The largest absolute Gasteiger partial charge is 0.207 e. The summed E-state index contributed by atoms with van der Waals surface area (Å²) >= 11 is 0. The third kappa shape index (κ3) is 2.86. The molecule has 0 radical (unpaired) electrons. The highest BCUT2D eigenvalue weighted by molar-refractivity contribution is 5.39. The molecule has 2 rings (SSSR count). The minimum Gasteiger partial charge on any atom is -0.207 e. The third-order valence-electron chi connectivity index (χ3n) is 3.86. The van der Waals surface area contributed by atoms with Crippen LogP contribution in [0.5, 0.6) is 0 Å². The molecule has 0 spiro atoms. The molecule has 0 N–H and O–H groups in total. The lowest BCUT2D eigenvalue weighted by molar-refractivity contribution is 0.613. The van der Waals surface area contributed by atoms with Crippen molar-refractivity contribution in [1.29, 1.82) is 0 Å². The maximum atomic E-state index is 13.0. The van der Waals surface area contributed by atoms with Crippen LogP contribution in [0.2, 0.25) is 0 Å². The molecule has 0 saturated heterocycles. The van der Waals surface area contributed by atoms with Crippen molar-refractivity contribution in [3.05, 3.63) is 71.0 Å². The molecule has 0 aliphatic rings. The average Bonchev–Trinajstić information content (AvgIpc) is 2.39. The van der Waals surface area contributed by atoms with Gasteiger partial charge in [0.15, 0.2) is 0 Å². The second-order valence-corrected chi connectivity index (χ2v) is 5.91. The smallest absolute Gasteiger partial charge is 0.123 e. The van der Waals surface area contributed by atoms with Crippen LogP contribution in [0, 0.1) is 5.82 Å². The molecule has 100 valence electrons. The van der Waals surface area contributed by atoms with Crippen molar-refractivity contribution >= 4 is 0 Å². The highest BCUT2D eigenvalue weighted by Crippen LogP contribution is 2.32. The van der Waals surface area contributed by atoms with Crippen LogP contribution >= 0.6 is 0 Å². The molecule has 2 aromatic carbocycles. The van der Waals surface area contributed by atoms with Crippen LogP contribution in [0.4, 0.5) is 4.39 Å². The lowest BCUT2D eigenvalue weighted by atomic mass is 9.78. The van der Waals surface area contributed by atoms with Gasteiger partial charge in [-0.25, -0.2) is 4.39 Å². The zero-order chi connectivity index (χ0) is 14.0. The highest BCUT2D eigenvalue weighted by atomic mass is 19.1. The number of rotatable bonds is 3. The molecule has 0 aromatic heterocycles. The average molecular weight is 256 g/mol. The summed E-state index contributed by atoms with van der Waals surface area (Å²) in [5, 5.41) is 0. The first-order chi connectivity index (χ1) is 8.91. The Labute approximate surface area is 115 Å². The zero-order valence-corrected chi connectivity index (χ0v) is 12.1. The van der Waals surface area contributed by atoms with Gasteiger partial charge in [0.2, 0.25) is 0 Å². The maximum Gasteiger partial charge on any atom is 0.123 e. The Morgan fingerprint density at radius 3 is 1.63 bits per heavy atom. The molecule has 0 atom stereocenters. The van der Waals surface area contributed by atoms with E-state index >= 15 is 0 Å². The summed E-state index contributed by atoms with van der Waals surface area (Å²) in [6.07, 6.45) is 0. The molecule has 0 saturated carbocycles. The van der Waals surface area contributed by atoms with E-state index < -0.39 is 0 Å². The quantitative estimate of drug-likeness (QED) is 0.701. The molecule has 0 unspecified atom stereocenters. The van der Waals surface area contributed by atoms with Gasteiger partial charge in [0.05, 0.1) is 0 Å². The van der Waals surface area contributed by atoms with Crippen molar-refractivity contribution in [3.8, 4) is 0 Å². The Bertz CT molecular complexity index is 533. The van der Waals surface area contributed by atoms with Crippen molar-refractivity contribution in [2.45, 2.75) is 39.0 Å². The summed E-state index contributed by atoms with van der Waals surface area (Å²) in [4.78, 5) is 0. The molecule has 2 aromatic rings. The van der Waals surface area contributed by atoms with Gasteiger partial charge in [-0.2, -0.15) is 0 Å². The van der Waals surface area contributed by atoms with E-state index in [2.05, 4.69) is 52.0 Å². The fraction of sp³-hybridized carbons (Fsp3) is 0.333. The second kappa shape index (κ2) is 5.16. The van der Waals surface area contributed by atoms with Gasteiger partial charge >= 0.3 is 0 Å². The van der Waals surface area contributed by atoms with Gasteiger partial charge in [0.25, 0.3) is 0 Å². The van der Waals surface area contributed by atoms with Gasteiger partial charge in [-0.05, 0) is 34.7 Å². The van der Waals surface area contributed by atoms with E-state index in [1.54, 1.807) is 0 Å². The molecule has 1 heteroatoms. The number of halogens is 1. The molecule has 0 fully saturated rings. The van der Waals surface area contributed by atoms with E-state index in [1.807, 2.05) is 12.1 Å². The summed E-state index contributed by atoms with van der Waals surface area (Å²) in [6.45, 7) is 8.73. The topological polar surface area (TPSA) is 0 Å². The summed E-state index contributed by atoms with van der Waals surface area (Å²) < 4.78 is 13.0. The first-order valence-corrected chi connectivity index (χ1v) is 6.78. The lowest BCUT2D eigenvalue weighted by Gasteiger charge is -2.26. The summed E-state index contributed by atoms with van der Waals surface area (Å²) in [7, 11) is 0. The molecule has 0 nitrogen and oxygen atoms in total. The predicted molar refractivity (Wildman–Crippen MR) is 79.1 cm³/mol. The second-order valence-electron chi connectivity index (χ2n) is 5.91. The molecule has 0 amide bonds. The number of hydrogen-bond donors (Lipinski definition) is 0. The summed E-state index contributed by atoms with van der Waals surface area (Å²) in [6, 6.07) is 15.5. The van der Waals surface area contributed by atoms with E-state index in [9.17, 15) is 4.39 Å². The van der Waals surface area contributed by atoms with Gasteiger partial charge in [-0.15, -0.1) is 0 Å². The minimum atomic E-state index is -0.185. The van der Waals surface area contributed by atoms with Gasteiger partial charge in [-0.3, -0.25) is 0 Å². The van der Waals surface area contributed by atoms with Crippen molar-refractivity contribution in [1.82, 2.24) is 0 Å². The van der Waals surface area contributed by atoms with Crippen LogP contribution in [-0.2, 0) is 5.41 Å². The van der Waals surface area contributed by atoms with Gasteiger partial charge < -0.3 is 0 Å². The Kier molecular flexibility index (Phi) is 3.75. The zero-order valence-electron chi connectivity index (χ0n) is 12.1. The fourth-order valence-corrected chi connectivity index (χ4v) is 2.32. The van der Waals surface area contributed by atoms with Crippen LogP contribution in [0.15, 0.2) is 48.5 Å². The molecule has 0 bridgehead atoms. The Morgan fingerprint density at radius 2 is 1.21 bits per heavy atom. The van der Waals surface area contributed by atoms with Crippen LogP contribution in [0.3, 0.4) is 0 Å². The molecule has 0 heterocycles. The van der Waals surface area contributed by atoms with Crippen LogP contribution in [-0.4, -0.2) is 0 Å². The first kappa shape index (κ1) is 13.8. The minimum absolute atomic E-state index is 0.108. The Morgan fingerprint density at radius 1 is 0.789 bits per heavy atom. The van der Waals surface area contributed by atoms with Crippen molar-refractivity contribution in [3.63, 3.8) is 0 Å². The predicted octanol–water partition coefficient (Wildman–Crippen LogP) is 5.28. The molecule has 0 aliphatic heterocycles. The van der Waals surface area contributed by atoms with E-state index in [1.165, 1.54) is 23.3 Å². The summed E-state index contributed by atoms with van der Waals surface area (Å²) in [5.74, 6) is 0.359. The normalized spacial score (nSPS) is 11.9. The van der Waals surface area contributed by atoms with Crippen molar-refractivity contribution in [2.24, 2.45) is 0 Å². The van der Waals surface area contributed by atoms with Crippen LogP contribution in [0.25, 0.3) is 0 Å². The SMILES string of the molecule is CC(C)c1ccc(C(C)(C)c2ccc(F)cc2)cc1. The number of benzene rings is 2. The molecular formula is C18H21F. The van der Waals surface area contributed by atoms with E-state index in [0.29, 0.717) is 5.92 Å². The van der Waals surface area contributed by atoms with Gasteiger partial charge in [-0.1, -0.05) is 64.1 Å². The van der Waals surface area contributed by atoms with Crippen molar-refractivity contribution in [2.75, 3.05) is 0 Å². The Hall–Kier alpha value is -1.63. The Balaban J connectivity index is 2.35. The molecule has 0 aliphatic carbocycles. The highest BCUT2D eigenvalue weighted by Gasteiger charge is 2.22. The number of hydrogen-bond acceptors (Lipinski definition) is 0. The van der Waals surface area contributed by atoms with E-state index in [0.717, 1.165) is 5.56 Å². The van der Waals surface area contributed by atoms with Crippen LogP contribution in [0.1, 0.15) is 50.3 Å². The lowest BCUT2D eigenvalue weighted by Crippen LogP contribution is -2.18. The monoisotopic (exact) mass is 256 g/mol.